The van der Waals surface area contributed by atoms with Crippen LogP contribution in [0.5, 0.6) is 0 Å². The van der Waals surface area contributed by atoms with Crippen LogP contribution in [0.15, 0.2) is 73.1 Å². The van der Waals surface area contributed by atoms with E-state index in [0.717, 1.165) is 12.1 Å². The summed E-state index contributed by atoms with van der Waals surface area (Å²) in [5, 5.41) is 6.81. The van der Waals surface area contributed by atoms with Crippen molar-refractivity contribution in [1.82, 2.24) is 19.6 Å². The molecule has 0 aliphatic heterocycles. The van der Waals surface area contributed by atoms with Crippen molar-refractivity contribution in [1.29, 1.82) is 0 Å². The molecule has 0 aliphatic rings. The Balaban J connectivity index is 1.60. The van der Waals surface area contributed by atoms with Crippen LogP contribution in [-0.4, -0.2) is 25.5 Å². The molecule has 9 heteroatoms. The number of amides is 1. The minimum absolute atomic E-state index is 0.0808. The highest BCUT2D eigenvalue weighted by molar-refractivity contribution is 6.04. The summed E-state index contributed by atoms with van der Waals surface area (Å²) >= 11 is 0. The van der Waals surface area contributed by atoms with Crippen molar-refractivity contribution >= 4 is 17.4 Å². The number of pyridine rings is 1. The smallest absolute Gasteiger partial charge is 0.262 e. The van der Waals surface area contributed by atoms with E-state index in [1.807, 2.05) is 0 Å². The molecule has 3 heterocycles. The van der Waals surface area contributed by atoms with Crippen molar-refractivity contribution in [3.05, 3.63) is 102 Å². The number of nitrogens with one attached hydrogen (secondary N) is 1. The van der Waals surface area contributed by atoms with Gasteiger partial charge in [0.15, 0.2) is 5.65 Å². The summed E-state index contributed by atoms with van der Waals surface area (Å²) in [6, 6.07) is 14.6. The molecule has 3 aromatic heterocycles. The maximum absolute atomic E-state index is 14.0. The Hall–Kier alpha value is -4.53. The Labute approximate surface area is 191 Å². The number of nitrogens with zero attached hydrogens (tertiary/aromatic N) is 4. The van der Waals surface area contributed by atoms with Gasteiger partial charge < -0.3 is 5.32 Å². The first kappa shape index (κ1) is 21.3. The molecule has 0 spiro atoms. The number of aromatic nitrogens is 4. The molecule has 0 fully saturated rings. The van der Waals surface area contributed by atoms with Gasteiger partial charge in [0, 0.05) is 23.5 Å². The molecule has 0 bridgehead atoms. The van der Waals surface area contributed by atoms with Crippen molar-refractivity contribution in [3.8, 4) is 22.5 Å². The second kappa shape index (κ2) is 8.43. The van der Waals surface area contributed by atoms with E-state index in [0.29, 0.717) is 33.7 Å². The average Bonchev–Trinajstić information content (AvgIpc) is 3.20. The fourth-order valence-corrected chi connectivity index (χ4v) is 3.68. The van der Waals surface area contributed by atoms with Gasteiger partial charge in [-0.2, -0.15) is 5.10 Å². The van der Waals surface area contributed by atoms with Crippen LogP contribution in [0.4, 0.5) is 19.0 Å². The highest BCUT2D eigenvalue weighted by atomic mass is 19.1. The van der Waals surface area contributed by atoms with Gasteiger partial charge in [-0.15, -0.1) is 0 Å². The van der Waals surface area contributed by atoms with Crippen molar-refractivity contribution in [2.75, 3.05) is 5.32 Å². The molecule has 0 radical (unpaired) electrons. The zero-order valence-electron chi connectivity index (χ0n) is 17.8. The number of anilines is 1. The summed E-state index contributed by atoms with van der Waals surface area (Å²) in [7, 11) is 0. The lowest BCUT2D eigenvalue weighted by Gasteiger charge is -2.09. The quantitative estimate of drug-likeness (QED) is 0.389. The number of rotatable bonds is 4. The van der Waals surface area contributed by atoms with Crippen LogP contribution < -0.4 is 5.32 Å². The SMILES string of the molecule is Cc1cc(-c2nc3cccnn3c2-c2ccnc(NC(=O)c3c(F)cccc3F)c2)ccc1F. The Kier molecular flexibility index (Phi) is 5.29. The minimum atomic E-state index is -0.978. The molecule has 0 aliphatic carbocycles. The van der Waals surface area contributed by atoms with E-state index in [9.17, 15) is 18.0 Å². The van der Waals surface area contributed by atoms with Gasteiger partial charge in [0.1, 0.15) is 34.5 Å². The summed E-state index contributed by atoms with van der Waals surface area (Å²) in [6.45, 7) is 1.66. The Bertz CT molecular complexity index is 1540. The molecule has 6 nitrogen and oxygen atoms in total. The summed E-state index contributed by atoms with van der Waals surface area (Å²) in [5.74, 6) is -3.17. The fraction of sp³-hybridized carbons (Fsp3) is 0.0400. The third kappa shape index (κ3) is 3.77. The van der Waals surface area contributed by atoms with Crippen LogP contribution in [0, 0.1) is 24.4 Å². The number of halogens is 3. The van der Waals surface area contributed by atoms with Crippen molar-refractivity contribution < 1.29 is 18.0 Å². The highest BCUT2D eigenvalue weighted by Gasteiger charge is 2.20. The van der Waals surface area contributed by atoms with Gasteiger partial charge in [0.25, 0.3) is 5.91 Å². The third-order valence-electron chi connectivity index (χ3n) is 5.29. The first-order valence-electron chi connectivity index (χ1n) is 10.2. The molecule has 1 amide bonds. The molecule has 1 N–H and O–H groups in total. The lowest BCUT2D eigenvalue weighted by Crippen LogP contribution is -2.16. The largest absolute Gasteiger partial charge is 0.306 e. The summed E-state index contributed by atoms with van der Waals surface area (Å²) in [4.78, 5) is 21.3. The standard InChI is InChI=1S/C25H16F3N5O/c1-14-12-15(7-8-17(14)26)23-24(33-21(32-23)6-3-10-30-33)16-9-11-29-20(13-16)31-25(34)22-18(27)4-2-5-19(22)28/h2-13H,1H3,(H,29,31,34). The number of benzene rings is 2. The number of hydrogen-bond acceptors (Lipinski definition) is 4. The van der Waals surface area contributed by atoms with Gasteiger partial charge in [-0.25, -0.2) is 27.7 Å². The highest BCUT2D eigenvalue weighted by Crippen LogP contribution is 2.33. The van der Waals surface area contributed by atoms with E-state index in [4.69, 9.17) is 0 Å². The molecule has 34 heavy (non-hydrogen) atoms. The predicted octanol–water partition coefficient (Wildman–Crippen LogP) is 5.44. The second-order valence-corrected chi connectivity index (χ2v) is 7.55. The minimum Gasteiger partial charge on any atom is -0.306 e. The maximum Gasteiger partial charge on any atom is 0.262 e. The van der Waals surface area contributed by atoms with E-state index in [1.54, 1.807) is 54.0 Å². The van der Waals surface area contributed by atoms with Crippen LogP contribution in [-0.2, 0) is 0 Å². The average molecular weight is 459 g/mol. The molecule has 0 saturated carbocycles. The van der Waals surface area contributed by atoms with Crippen molar-refractivity contribution in [2.24, 2.45) is 0 Å². The van der Waals surface area contributed by atoms with Gasteiger partial charge >= 0.3 is 0 Å². The monoisotopic (exact) mass is 459 g/mol. The molecular weight excluding hydrogens is 443 g/mol. The number of imidazole rings is 1. The van der Waals surface area contributed by atoms with Crippen LogP contribution in [0.25, 0.3) is 28.2 Å². The number of carbonyl (C=O) groups excluding carboxylic acids is 1. The summed E-state index contributed by atoms with van der Waals surface area (Å²) in [5.41, 5.74) is 2.71. The Morgan fingerprint density at radius 3 is 2.44 bits per heavy atom. The van der Waals surface area contributed by atoms with E-state index >= 15 is 0 Å². The lowest BCUT2D eigenvalue weighted by atomic mass is 10.0. The Morgan fingerprint density at radius 2 is 1.68 bits per heavy atom. The van der Waals surface area contributed by atoms with E-state index in [2.05, 4.69) is 20.4 Å². The molecule has 168 valence electrons. The van der Waals surface area contributed by atoms with Crippen molar-refractivity contribution in [2.45, 2.75) is 6.92 Å². The van der Waals surface area contributed by atoms with Crippen LogP contribution >= 0.6 is 0 Å². The van der Waals surface area contributed by atoms with Gasteiger partial charge in [-0.05, 0) is 67.1 Å². The first-order valence-corrected chi connectivity index (χ1v) is 10.2. The molecule has 5 aromatic rings. The summed E-state index contributed by atoms with van der Waals surface area (Å²) in [6.07, 6.45) is 3.05. The van der Waals surface area contributed by atoms with Gasteiger partial charge in [0.05, 0.1) is 5.69 Å². The molecule has 0 atom stereocenters. The van der Waals surface area contributed by atoms with Gasteiger partial charge in [-0.3, -0.25) is 4.79 Å². The molecular formula is C25H16F3N5O. The topological polar surface area (TPSA) is 72.2 Å². The molecule has 0 saturated heterocycles. The number of aryl methyl sites for hydroxylation is 1. The van der Waals surface area contributed by atoms with Crippen LogP contribution in [0.2, 0.25) is 0 Å². The lowest BCUT2D eigenvalue weighted by molar-refractivity contribution is 0.101. The van der Waals surface area contributed by atoms with E-state index < -0.39 is 23.1 Å². The third-order valence-corrected chi connectivity index (χ3v) is 5.29. The maximum atomic E-state index is 14.0. The molecule has 2 aromatic carbocycles. The number of carbonyl (C=O) groups is 1. The first-order chi connectivity index (χ1) is 16.4. The number of hydrogen-bond donors (Lipinski definition) is 1. The van der Waals surface area contributed by atoms with E-state index in [1.165, 1.54) is 18.3 Å². The molecule has 0 unspecified atom stereocenters. The second-order valence-electron chi connectivity index (χ2n) is 7.55. The van der Waals surface area contributed by atoms with Crippen LogP contribution in [0.3, 0.4) is 0 Å². The Morgan fingerprint density at radius 1 is 0.882 bits per heavy atom. The molecule has 5 rings (SSSR count). The normalized spacial score (nSPS) is 11.1. The zero-order valence-corrected chi connectivity index (χ0v) is 17.8. The van der Waals surface area contributed by atoms with Crippen molar-refractivity contribution in [3.63, 3.8) is 0 Å². The van der Waals surface area contributed by atoms with E-state index in [-0.39, 0.29) is 11.6 Å². The van der Waals surface area contributed by atoms with Gasteiger partial charge in [0.2, 0.25) is 0 Å². The van der Waals surface area contributed by atoms with Gasteiger partial charge in [-0.1, -0.05) is 6.07 Å². The summed E-state index contributed by atoms with van der Waals surface area (Å²) < 4.78 is 43.5. The number of fused-ring (bicyclic) bond motifs is 1. The predicted molar refractivity (Wildman–Crippen MR) is 121 cm³/mol. The zero-order chi connectivity index (χ0) is 23.8. The fourth-order valence-electron chi connectivity index (χ4n) is 3.68. The van der Waals surface area contributed by atoms with Crippen LogP contribution in [0.1, 0.15) is 15.9 Å².